The van der Waals surface area contributed by atoms with Crippen molar-refractivity contribution in [3.63, 3.8) is 0 Å². The van der Waals surface area contributed by atoms with Crippen molar-refractivity contribution in [2.45, 2.75) is 13.3 Å². The van der Waals surface area contributed by atoms with Gasteiger partial charge in [0.05, 0.1) is 18.5 Å². The Hall–Kier alpha value is -3.42. The number of ether oxygens (including phenoxy) is 1. The molecule has 162 valence electrons. The Morgan fingerprint density at radius 3 is 2.32 bits per heavy atom. The quantitative estimate of drug-likeness (QED) is 0.679. The molecule has 1 fully saturated rings. The predicted molar refractivity (Wildman–Crippen MR) is 116 cm³/mol. The fraction of sp³-hybridized carbons (Fsp3) is 0.304. The van der Waals surface area contributed by atoms with E-state index in [-0.39, 0.29) is 17.5 Å². The average molecular weight is 426 g/mol. The van der Waals surface area contributed by atoms with Gasteiger partial charge in [0.15, 0.2) is 0 Å². The number of nitrogens with one attached hydrogen (secondary N) is 1. The van der Waals surface area contributed by atoms with E-state index in [0.29, 0.717) is 30.3 Å². The van der Waals surface area contributed by atoms with Crippen LogP contribution in [0.25, 0.3) is 0 Å². The summed E-state index contributed by atoms with van der Waals surface area (Å²) >= 11 is 0. The topological polar surface area (TPSA) is 61.5 Å². The summed E-state index contributed by atoms with van der Waals surface area (Å²) in [5.41, 5.74) is 1.36. The molecule has 1 aliphatic rings. The number of piperazine rings is 1. The molecule has 0 spiro atoms. The van der Waals surface area contributed by atoms with Crippen molar-refractivity contribution in [1.29, 1.82) is 0 Å². The van der Waals surface area contributed by atoms with Gasteiger partial charge in [-0.15, -0.1) is 0 Å². The van der Waals surface area contributed by atoms with Gasteiger partial charge in [-0.05, 0) is 31.2 Å². The summed E-state index contributed by atoms with van der Waals surface area (Å²) in [6.45, 7) is 4.32. The number of rotatable bonds is 5. The minimum Gasteiger partial charge on any atom is -0.495 e. The van der Waals surface area contributed by atoms with Gasteiger partial charge in [-0.1, -0.05) is 18.2 Å². The average Bonchev–Trinajstić information content (AvgIpc) is 2.79. The summed E-state index contributed by atoms with van der Waals surface area (Å²) in [5, 5.41) is 0. The first-order valence-corrected chi connectivity index (χ1v) is 10.1. The molecule has 0 amide bonds. The maximum atomic E-state index is 14.1. The van der Waals surface area contributed by atoms with Gasteiger partial charge in [0.2, 0.25) is 5.95 Å². The number of hydrogen-bond acceptors (Lipinski definition) is 5. The van der Waals surface area contributed by atoms with Crippen LogP contribution in [0.2, 0.25) is 0 Å². The number of nitrogens with zero attached hydrogens (tertiary/aromatic N) is 3. The molecule has 1 aliphatic heterocycles. The SMILES string of the molecule is COc1ccccc1N1CCN(c2nc(Cc3c(F)cccc3F)c(C)c(=O)[nH]2)CC1. The van der Waals surface area contributed by atoms with Crippen molar-refractivity contribution in [2.24, 2.45) is 0 Å². The summed E-state index contributed by atoms with van der Waals surface area (Å²) in [7, 11) is 1.65. The lowest BCUT2D eigenvalue weighted by Crippen LogP contribution is -2.47. The summed E-state index contributed by atoms with van der Waals surface area (Å²) in [6.07, 6.45) is -0.0809. The molecule has 0 atom stereocenters. The van der Waals surface area contributed by atoms with Crippen molar-refractivity contribution in [2.75, 3.05) is 43.1 Å². The number of para-hydroxylation sites is 2. The van der Waals surface area contributed by atoms with E-state index in [1.54, 1.807) is 14.0 Å². The van der Waals surface area contributed by atoms with Gasteiger partial charge in [-0.2, -0.15) is 0 Å². The molecule has 8 heteroatoms. The van der Waals surface area contributed by atoms with E-state index in [4.69, 9.17) is 4.74 Å². The monoisotopic (exact) mass is 426 g/mol. The van der Waals surface area contributed by atoms with Crippen molar-refractivity contribution in [3.8, 4) is 5.75 Å². The van der Waals surface area contributed by atoms with Crippen LogP contribution < -0.4 is 20.1 Å². The molecule has 0 aliphatic carbocycles. The molecule has 31 heavy (non-hydrogen) atoms. The van der Waals surface area contributed by atoms with Crippen LogP contribution in [0.5, 0.6) is 5.75 Å². The third-order valence-corrected chi connectivity index (χ3v) is 5.65. The molecule has 3 aromatic rings. The molecule has 1 aromatic heterocycles. The Kier molecular flexibility index (Phi) is 5.88. The van der Waals surface area contributed by atoms with Crippen molar-refractivity contribution in [1.82, 2.24) is 9.97 Å². The van der Waals surface area contributed by atoms with Crippen LogP contribution in [0.1, 0.15) is 16.8 Å². The van der Waals surface area contributed by atoms with Gasteiger partial charge in [0.25, 0.3) is 5.56 Å². The Labute approximate surface area is 179 Å². The van der Waals surface area contributed by atoms with E-state index in [1.807, 2.05) is 29.2 Å². The third kappa shape index (κ3) is 4.23. The fourth-order valence-electron chi connectivity index (χ4n) is 3.81. The van der Waals surface area contributed by atoms with E-state index in [9.17, 15) is 13.6 Å². The fourth-order valence-corrected chi connectivity index (χ4v) is 3.81. The minimum absolute atomic E-state index is 0.0809. The van der Waals surface area contributed by atoms with Crippen molar-refractivity contribution >= 4 is 11.6 Å². The molecule has 0 unspecified atom stereocenters. The molecule has 0 bridgehead atoms. The Morgan fingerprint density at radius 1 is 1.00 bits per heavy atom. The van der Waals surface area contributed by atoms with E-state index in [2.05, 4.69) is 14.9 Å². The van der Waals surface area contributed by atoms with Gasteiger partial charge < -0.3 is 14.5 Å². The third-order valence-electron chi connectivity index (χ3n) is 5.65. The van der Waals surface area contributed by atoms with E-state index in [1.165, 1.54) is 18.2 Å². The van der Waals surface area contributed by atoms with Crippen LogP contribution in [-0.4, -0.2) is 43.3 Å². The predicted octanol–water partition coefficient (Wildman–Crippen LogP) is 3.28. The maximum Gasteiger partial charge on any atom is 0.255 e. The Bertz CT molecular complexity index is 1120. The second-order valence-corrected chi connectivity index (χ2v) is 7.48. The number of H-pyrrole nitrogens is 1. The number of anilines is 2. The van der Waals surface area contributed by atoms with Gasteiger partial charge >= 0.3 is 0 Å². The first-order valence-electron chi connectivity index (χ1n) is 10.1. The van der Waals surface area contributed by atoms with E-state index >= 15 is 0 Å². The normalized spacial score (nSPS) is 14.1. The molecule has 1 saturated heterocycles. The highest BCUT2D eigenvalue weighted by Crippen LogP contribution is 2.29. The molecule has 2 heterocycles. The van der Waals surface area contributed by atoms with Crippen molar-refractivity contribution in [3.05, 3.63) is 81.3 Å². The lowest BCUT2D eigenvalue weighted by molar-refractivity contribution is 0.413. The van der Waals surface area contributed by atoms with Gasteiger partial charge in [0, 0.05) is 43.7 Å². The second kappa shape index (κ2) is 8.75. The molecule has 1 N–H and O–H groups in total. The first kappa shape index (κ1) is 20.8. The van der Waals surface area contributed by atoms with Crippen LogP contribution in [-0.2, 0) is 6.42 Å². The number of halogens is 2. The van der Waals surface area contributed by atoms with Gasteiger partial charge in [0.1, 0.15) is 17.4 Å². The molecule has 0 radical (unpaired) electrons. The highest BCUT2D eigenvalue weighted by molar-refractivity contribution is 5.59. The highest BCUT2D eigenvalue weighted by Gasteiger charge is 2.22. The number of methoxy groups -OCH3 is 1. The highest BCUT2D eigenvalue weighted by atomic mass is 19.1. The molecular weight excluding hydrogens is 402 g/mol. The Balaban J connectivity index is 1.55. The van der Waals surface area contributed by atoms with E-state index < -0.39 is 11.6 Å². The van der Waals surface area contributed by atoms with Crippen LogP contribution in [0.15, 0.2) is 47.3 Å². The summed E-state index contributed by atoms with van der Waals surface area (Å²) in [6, 6.07) is 11.6. The minimum atomic E-state index is -0.645. The first-order chi connectivity index (χ1) is 15.0. The lowest BCUT2D eigenvalue weighted by Gasteiger charge is -2.37. The van der Waals surface area contributed by atoms with Crippen molar-refractivity contribution < 1.29 is 13.5 Å². The molecular formula is C23H24F2N4O2. The maximum absolute atomic E-state index is 14.1. The van der Waals surface area contributed by atoms with Crippen LogP contribution in [0.3, 0.4) is 0 Å². The lowest BCUT2D eigenvalue weighted by atomic mass is 10.1. The number of aromatic amines is 1. The van der Waals surface area contributed by atoms with Gasteiger partial charge in [-0.3, -0.25) is 9.78 Å². The van der Waals surface area contributed by atoms with E-state index in [0.717, 1.165) is 24.5 Å². The summed E-state index contributed by atoms with van der Waals surface area (Å²) in [5.74, 6) is -0.0593. The second-order valence-electron chi connectivity index (χ2n) is 7.48. The number of hydrogen-bond donors (Lipinski definition) is 1. The standard InChI is InChI=1S/C23H24F2N4O2/c1-15-19(14-16-17(24)6-5-7-18(16)25)26-23(27-22(15)30)29-12-10-28(11-13-29)20-8-3-4-9-21(20)31-2/h3-9H,10-14H2,1-2H3,(H,26,27,30). The van der Waals surface area contributed by atoms with Gasteiger partial charge in [-0.25, -0.2) is 13.8 Å². The number of aromatic nitrogens is 2. The largest absolute Gasteiger partial charge is 0.495 e. The molecule has 4 rings (SSSR count). The molecule has 0 saturated carbocycles. The zero-order chi connectivity index (χ0) is 22.0. The zero-order valence-electron chi connectivity index (χ0n) is 17.5. The molecule has 6 nitrogen and oxygen atoms in total. The smallest absolute Gasteiger partial charge is 0.255 e. The Morgan fingerprint density at radius 2 is 1.65 bits per heavy atom. The van der Waals surface area contributed by atoms with Crippen LogP contribution in [0.4, 0.5) is 20.4 Å². The number of benzene rings is 2. The zero-order valence-corrected chi connectivity index (χ0v) is 17.5. The van der Waals surface area contributed by atoms with Crippen LogP contribution in [0, 0.1) is 18.6 Å². The summed E-state index contributed by atoms with van der Waals surface area (Å²) in [4.78, 5) is 24.1. The summed E-state index contributed by atoms with van der Waals surface area (Å²) < 4.78 is 33.7. The van der Waals surface area contributed by atoms with Crippen LogP contribution >= 0.6 is 0 Å². The molecule has 2 aromatic carbocycles.